The van der Waals surface area contributed by atoms with Crippen molar-refractivity contribution in [3.63, 3.8) is 0 Å². The summed E-state index contributed by atoms with van der Waals surface area (Å²) in [6, 6.07) is 6.53. The maximum atomic E-state index is 12.8. The Morgan fingerprint density at radius 1 is 1.44 bits per heavy atom. The van der Waals surface area contributed by atoms with Gasteiger partial charge in [0.1, 0.15) is 5.82 Å². The summed E-state index contributed by atoms with van der Waals surface area (Å²) >= 11 is 0. The van der Waals surface area contributed by atoms with Crippen molar-refractivity contribution in [2.24, 2.45) is 0 Å². The number of rotatable bonds is 3. The molecule has 1 aromatic carbocycles. The summed E-state index contributed by atoms with van der Waals surface area (Å²) in [5, 5.41) is 0. The Morgan fingerprint density at radius 2 is 2.19 bits per heavy atom. The lowest BCUT2D eigenvalue weighted by Gasteiger charge is -2.32. The van der Waals surface area contributed by atoms with Crippen LogP contribution < -0.4 is 0 Å². The van der Waals surface area contributed by atoms with Crippen molar-refractivity contribution in [2.75, 3.05) is 26.2 Å². The first-order valence-electron chi connectivity index (χ1n) is 5.50. The summed E-state index contributed by atoms with van der Waals surface area (Å²) < 4.78 is 18.5. The molecule has 86 valence electrons. The number of hydrogen-bond acceptors (Lipinski definition) is 2. The minimum Gasteiger partial charge on any atom is -0.371 e. The van der Waals surface area contributed by atoms with Crippen LogP contribution in [-0.2, 0) is 4.74 Å². The highest BCUT2D eigenvalue weighted by molar-refractivity contribution is 5.19. The lowest BCUT2D eigenvalue weighted by Crippen LogP contribution is -2.38. The van der Waals surface area contributed by atoms with E-state index in [9.17, 15) is 4.39 Å². The van der Waals surface area contributed by atoms with Gasteiger partial charge in [-0.3, -0.25) is 4.90 Å². The first-order valence-corrected chi connectivity index (χ1v) is 5.50. The SMILES string of the molecule is C=CCN1CCO[C@H](c2ccc(F)cc2)C1. The van der Waals surface area contributed by atoms with Crippen LogP contribution in [0.25, 0.3) is 0 Å². The number of hydrogen-bond donors (Lipinski definition) is 0. The smallest absolute Gasteiger partial charge is 0.123 e. The predicted octanol–water partition coefficient (Wildman–Crippen LogP) is 2.39. The third-order valence-corrected chi connectivity index (χ3v) is 2.78. The number of morpholine rings is 1. The molecule has 1 saturated heterocycles. The highest BCUT2D eigenvalue weighted by atomic mass is 19.1. The van der Waals surface area contributed by atoms with Crippen LogP contribution in [-0.4, -0.2) is 31.1 Å². The average Bonchev–Trinajstić information content (AvgIpc) is 2.31. The molecular formula is C13H16FNO. The van der Waals surface area contributed by atoms with E-state index in [1.807, 2.05) is 6.08 Å². The molecule has 0 spiro atoms. The maximum Gasteiger partial charge on any atom is 0.123 e. The van der Waals surface area contributed by atoms with E-state index in [4.69, 9.17) is 4.74 Å². The molecule has 0 unspecified atom stereocenters. The van der Waals surface area contributed by atoms with Crippen molar-refractivity contribution in [1.82, 2.24) is 4.90 Å². The van der Waals surface area contributed by atoms with Crippen molar-refractivity contribution in [3.8, 4) is 0 Å². The van der Waals surface area contributed by atoms with Gasteiger partial charge in [0.15, 0.2) is 0 Å². The van der Waals surface area contributed by atoms with Gasteiger partial charge in [-0.05, 0) is 17.7 Å². The zero-order valence-electron chi connectivity index (χ0n) is 9.23. The van der Waals surface area contributed by atoms with E-state index in [2.05, 4.69) is 11.5 Å². The molecule has 0 amide bonds. The molecule has 1 heterocycles. The van der Waals surface area contributed by atoms with Crippen molar-refractivity contribution in [3.05, 3.63) is 48.3 Å². The van der Waals surface area contributed by atoms with Crippen molar-refractivity contribution >= 4 is 0 Å². The summed E-state index contributed by atoms with van der Waals surface area (Å²) in [5.74, 6) is -0.206. The molecule has 1 aromatic rings. The van der Waals surface area contributed by atoms with E-state index in [0.717, 1.165) is 31.8 Å². The average molecular weight is 221 g/mol. The quantitative estimate of drug-likeness (QED) is 0.727. The Morgan fingerprint density at radius 3 is 2.88 bits per heavy atom. The number of nitrogens with zero attached hydrogens (tertiary/aromatic N) is 1. The predicted molar refractivity (Wildman–Crippen MR) is 61.7 cm³/mol. The molecular weight excluding hydrogens is 205 g/mol. The summed E-state index contributed by atoms with van der Waals surface area (Å²) in [6.45, 7) is 7.11. The second kappa shape index (κ2) is 5.23. The van der Waals surface area contributed by atoms with Crippen LogP contribution in [0.4, 0.5) is 4.39 Å². The van der Waals surface area contributed by atoms with E-state index >= 15 is 0 Å². The summed E-state index contributed by atoms with van der Waals surface area (Å²) in [4.78, 5) is 2.28. The monoisotopic (exact) mass is 221 g/mol. The largest absolute Gasteiger partial charge is 0.371 e. The molecule has 16 heavy (non-hydrogen) atoms. The van der Waals surface area contributed by atoms with E-state index < -0.39 is 0 Å². The third-order valence-electron chi connectivity index (χ3n) is 2.78. The molecule has 0 saturated carbocycles. The summed E-state index contributed by atoms with van der Waals surface area (Å²) in [5.41, 5.74) is 1.04. The Bertz CT molecular complexity index is 349. The Labute approximate surface area is 95.3 Å². The van der Waals surface area contributed by atoms with Gasteiger partial charge in [-0.15, -0.1) is 6.58 Å². The molecule has 1 atom stereocenters. The topological polar surface area (TPSA) is 12.5 Å². The van der Waals surface area contributed by atoms with E-state index in [1.54, 1.807) is 12.1 Å². The highest BCUT2D eigenvalue weighted by Crippen LogP contribution is 2.22. The second-order valence-corrected chi connectivity index (χ2v) is 3.96. The van der Waals surface area contributed by atoms with Crippen LogP contribution in [0.3, 0.4) is 0 Å². The van der Waals surface area contributed by atoms with Gasteiger partial charge in [-0.25, -0.2) is 4.39 Å². The molecule has 0 N–H and O–H groups in total. The van der Waals surface area contributed by atoms with Gasteiger partial charge in [0, 0.05) is 19.6 Å². The minimum absolute atomic E-state index is 0.0503. The molecule has 0 radical (unpaired) electrons. The van der Waals surface area contributed by atoms with Gasteiger partial charge in [-0.1, -0.05) is 18.2 Å². The van der Waals surface area contributed by atoms with Gasteiger partial charge >= 0.3 is 0 Å². The van der Waals surface area contributed by atoms with E-state index in [1.165, 1.54) is 12.1 Å². The number of ether oxygens (including phenoxy) is 1. The van der Waals surface area contributed by atoms with Gasteiger partial charge in [-0.2, -0.15) is 0 Å². The second-order valence-electron chi connectivity index (χ2n) is 3.96. The van der Waals surface area contributed by atoms with Crippen molar-refractivity contribution < 1.29 is 9.13 Å². The Kier molecular flexibility index (Phi) is 3.70. The molecule has 1 fully saturated rings. The zero-order valence-corrected chi connectivity index (χ0v) is 9.23. The number of benzene rings is 1. The summed E-state index contributed by atoms with van der Waals surface area (Å²) in [6.07, 6.45) is 1.95. The van der Waals surface area contributed by atoms with Crippen LogP contribution in [0.5, 0.6) is 0 Å². The first kappa shape index (κ1) is 11.3. The molecule has 0 bridgehead atoms. The maximum absolute atomic E-state index is 12.8. The van der Waals surface area contributed by atoms with E-state index in [-0.39, 0.29) is 11.9 Å². The highest BCUT2D eigenvalue weighted by Gasteiger charge is 2.20. The summed E-state index contributed by atoms with van der Waals surface area (Å²) in [7, 11) is 0. The van der Waals surface area contributed by atoms with Gasteiger partial charge < -0.3 is 4.74 Å². The Hall–Kier alpha value is -1.19. The van der Waals surface area contributed by atoms with Crippen LogP contribution in [0.2, 0.25) is 0 Å². The molecule has 1 aliphatic heterocycles. The molecule has 3 heteroatoms. The van der Waals surface area contributed by atoms with E-state index in [0.29, 0.717) is 0 Å². The molecule has 2 nitrogen and oxygen atoms in total. The molecule has 1 aliphatic rings. The van der Waals surface area contributed by atoms with Crippen LogP contribution in [0.15, 0.2) is 36.9 Å². The third kappa shape index (κ3) is 2.68. The number of halogens is 1. The molecule has 2 rings (SSSR count). The molecule has 0 aromatic heterocycles. The standard InChI is InChI=1S/C13H16FNO/c1-2-7-15-8-9-16-13(10-15)11-3-5-12(14)6-4-11/h2-6,13H,1,7-10H2/t13-/m0/s1. The Balaban J connectivity index is 2.03. The fourth-order valence-corrected chi connectivity index (χ4v) is 1.93. The van der Waals surface area contributed by atoms with Crippen molar-refractivity contribution in [1.29, 1.82) is 0 Å². The van der Waals surface area contributed by atoms with Gasteiger partial charge in [0.05, 0.1) is 12.7 Å². The van der Waals surface area contributed by atoms with Gasteiger partial charge in [0.25, 0.3) is 0 Å². The van der Waals surface area contributed by atoms with Crippen LogP contribution in [0.1, 0.15) is 11.7 Å². The van der Waals surface area contributed by atoms with Crippen LogP contribution in [0, 0.1) is 5.82 Å². The fraction of sp³-hybridized carbons (Fsp3) is 0.385. The lowest BCUT2D eigenvalue weighted by molar-refractivity contribution is -0.0260. The van der Waals surface area contributed by atoms with Crippen LogP contribution >= 0.6 is 0 Å². The first-order chi connectivity index (χ1) is 7.79. The minimum atomic E-state index is -0.206. The van der Waals surface area contributed by atoms with Crippen molar-refractivity contribution in [2.45, 2.75) is 6.10 Å². The lowest BCUT2D eigenvalue weighted by atomic mass is 10.1. The zero-order chi connectivity index (χ0) is 11.4. The van der Waals surface area contributed by atoms with Gasteiger partial charge in [0.2, 0.25) is 0 Å². The fourth-order valence-electron chi connectivity index (χ4n) is 1.93. The normalized spacial score (nSPS) is 21.9. The molecule has 0 aliphatic carbocycles.